The van der Waals surface area contributed by atoms with E-state index in [1.807, 2.05) is 14.0 Å². The van der Waals surface area contributed by atoms with Crippen molar-refractivity contribution in [1.82, 2.24) is 20.2 Å². The van der Waals surface area contributed by atoms with E-state index in [0.717, 1.165) is 5.69 Å². The lowest BCUT2D eigenvalue weighted by atomic mass is 9.94. The number of imidazole rings is 1. The number of aromatic nitrogens is 2. The Kier molecular flexibility index (Phi) is 3.44. The summed E-state index contributed by atoms with van der Waals surface area (Å²) in [5.41, 5.74) is 5.65. The van der Waals surface area contributed by atoms with Crippen molar-refractivity contribution in [1.29, 1.82) is 0 Å². The van der Waals surface area contributed by atoms with Gasteiger partial charge in [-0.3, -0.25) is 10.1 Å². The highest BCUT2D eigenvalue weighted by Gasteiger charge is 2.49. The standard InChI is InChI=1S/C9H13N5O2.ClH/c1-5-6(11-4-14(5)2)9(3-10)7(15)12-8(16)13-9;/h4H,3,10H2,1-2H3,(H2,12,13,15,16);1H. The predicted octanol–water partition coefficient (Wildman–Crippen LogP) is -0.856. The van der Waals surface area contributed by atoms with Gasteiger partial charge >= 0.3 is 6.03 Å². The van der Waals surface area contributed by atoms with E-state index in [2.05, 4.69) is 15.6 Å². The molecule has 1 unspecified atom stereocenters. The Morgan fingerprint density at radius 1 is 1.53 bits per heavy atom. The van der Waals surface area contributed by atoms with Gasteiger partial charge < -0.3 is 15.6 Å². The molecule has 0 radical (unpaired) electrons. The summed E-state index contributed by atoms with van der Waals surface area (Å²) in [6, 6.07) is -0.541. The largest absolute Gasteiger partial charge is 0.338 e. The molecule has 1 aliphatic heterocycles. The average Bonchev–Trinajstić information content (AvgIpc) is 2.70. The Bertz CT molecular complexity index is 472. The SMILES string of the molecule is Cc1c(C2(CN)NC(=O)NC2=O)ncn1C.Cl. The molecule has 0 saturated carbocycles. The van der Waals surface area contributed by atoms with E-state index < -0.39 is 17.5 Å². The molecular weight excluding hydrogens is 246 g/mol. The Labute approximate surface area is 104 Å². The summed E-state index contributed by atoms with van der Waals surface area (Å²) >= 11 is 0. The van der Waals surface area contributed by atoms with E-state index in [9.17, 15) is 9.59 Å². The highest BCUT2D eigenvalue weighted by molar-refractivity contribution is 6.07. The zero-order valence-corrected chi connectivity index (χ0v) is 10.3. The maximum atomic E-state index is 11.8. The summed E-state index contributed by atoms with van der Waals surface area (Å²) in [7, 11) is 1.81. The van der Waals surface area contributed by atoms with Crippen LogP contribution in [0.1, 0.15) is 11.4 Å². The predicted molar refractivity (Wildman–Crippen MR) is 62.6 cm³/mol. The maximum absolute atomic E-state index is 11.8. The van der Waals surface area contributed by atoms with Crippen LogP contribution >= 0.6 is 12.4 Å². The fourth-order valence-electron chi connectivity index (χ4n) is 1.81. The number of rotatable bonds is 2. The van der Waals surface area contributed by atoms with Crippen molar-refractivity contribution in [3.8, 4) is 0 Å². The number of carbonyl (C=O) groups excluding carboxylic acids is 2. The molecule has 94 valence electrons. The van der Waals surface area contributed by atoms with Gasteiger partial charge in [0.05, 0.1) is 12.0 Å². The summed E-state index contributed by atoms with van der Waals surface area (Å²) in [6.07, 6.45) is 1.58. The van der Waals surface area contributed by atoms with Crippen molar-refractivity contribution in [2.45, 2.75) is 12.5 Å². The molecule has 3 amide bonds. The number of nitrogens with two attached hydrogens (primary N) is 1. The number of halogens is 1. The lowest BCUT2D eigenvalue weighted by Gasteiger charge is -2.22. The van der Waals surface area contributed by atoms with Crippen molar-refractivity contribution in [2.75, 3.05) is 6.54 Å². The molecule has 2 rings (SSSR count). The van der Waals surface area contributed by atoms with Gasteiger partial charge in [0.25, 0.3) is 5.91 Å². The van der Waals surface area contributed by atoms with E-state index in [1.54, 1.807) is 10.9 Å². The van der Waals surface area contributed by atoms with Gasteiger partial charge in [-0.1, -0.05) is 0 Å². The Morgan fingerprint density at radius 2 is 2.18 bits per heavy atom. The molecule has 1 saturated heterocycles. The first kappa shape index (κ1) is 13.5. The number of nitrogens with one attached hydrogen (secondary N) is 2. The maximum Gasteiger partial charge on any atom is 0.322 e. The van der Waals surface area contributed by atoms with Crippen LogP contribution in [-0.2, 0) is 17.4 Å². The first-order chi connectivity index (χ1) is 7.51. The van der Waals surface area contributed by atoms with Crippen LogP contribution in [0.4, 0.5) is 4.79 Å². The monoisotopic (exact) mass is 259 g/mol. The number of imide groups is 1. The molecule has 8 heteroatoms. The van der Waals surface area contributed by atoms with Crippen LogP contribution < -0.4 is 16.4 Å². The number of aryl methyl sites for hydroxylation is 1. The summed E-state index contributed by atoms with van der Waals surface area (Å²) in [5, 5.41) is 4.71. The molecule has 1 atom stereocenters. The lowest BCUT2D eigenvalue weighted by molar-refractivity contribution is -0.124. The Balaban J connectivity index is 0.00000144. The van der Waals surface area contributed by atoms with Crippen LogP contribution in [0.25, 0.3) is 0 Å². The fraction of sp³-hybridized carbons (Fsp3) is 0.444. The van der Waals surface area contributed by atoms with Crippen LogP contribution in [0.15, 0.2) is 6.33 Å². The number of nitrogens with zero attached hydrogens (tertiary/aromatic N) is 2. The molecular formula is C9H14ClN5O2. The third-order valence-electron chi connectivity index (χ3n) is 2.88. The molecule has 1 aromatic heterocycles. The van der Waals surface area contributed by atoms with Crippen LogP contribution in [0.5, 0.6) is 0 Å². The van der Waals surface area contributed by atoms with Gasteiger partial charge in [-0.2, -0.15) is 0 Å². The molecule has 0 aliphatic carbocycles. The van der Waals surface area contributed by atoms with E-state index in [1.165, 1.54) is 0 Å². The number of hydrogen-bond donors (Lipinski definition) is 3. The number of hydrogen-bond acceptors (Lipinski definition) is 4. The topological polar surface area (TPSA) is 102 Å². The third kappa shape index (κ3) is 1.77. The summed E-state index contributed by atoms with van der Waals surface area (Å²) in [4.78, 5) is 27.1. The van der Waals surface area contributed by atoms with Crippen LogP contribution in [0.2, 0.25) is 0 Å². The minimum absolute atomic E-state index is 0. The second-order valence-electron chi connectivity index (χ2n) is 3.81. The van der Waals surface area contributed by atoms with E-state index in [0.29, 0.717) is 5.69 Å². The van der Waals surface area contributed by atoms with Gasteiger partial charge in [0.1, 0.15) is 0 Å². The highest BCUT2D eigenvalue weighted by atomic mass is 35.5. The van der Waals surface area contributed by atoms with Gasteiger partial charge in [-0.05, 0) is 6.92 Å². The van der Waals surface area contributed by atoms with E-state index >= 15 is 0 Å². The van der Waals surface area contributed by atoms with E-state index in [-0.39, 0.29) is 19.0 Å². The molecule has 0 aromatic carbocycles. The van der Waals surface area contributed by atoms with Crippen LogP contribution in [-0.4, -0.2) is 28.0 Å². The number of amides is 3. The van der Waals surface area contributed by atoms with Crippen molar-refractivity contribution in [2.24, 2.45) is 12.8 Å². The number of carbonyl (C=O) groups is 2. The van der Waals surface area contributed by atoms with Crippen molar-refractivity contribution >= 4 is 24.3 Å². The van der Waals surface area contributed by atoms with Crippen molar-refractivity contribution in [3.05, 3.63) is 17.7 Å². The lowest BCUT2D eigenvalue weighted by Crippen LogP contribution is -2.50. The Morgan fingerprint density at radius 3 is 2.53 bits per heavy atom. The van der Waals surface area contributed by atoms with Gasteiger partial charge in [0.15, 0.2) is 5.54 Å². The second kappa shape index (κ2) is 4.34. The van der Waals surface area contributed by atoms with Crippen LogP contribution in [0.3, 0.4) is 0 Å². The molecule has 4 N–H and O–H groups in total. The zero-order valence-electron chi connectivity index (χ0n) is 9.48. The Hall–Kier alpha value is -1.60. The molecule has 1 aliphatic rings. The van der Waals surface area contributed by atoms with Crippen molar-refractivity contribution < 1.29 is 9.59 Å². The van der Waals surface area contributed by atoms with Crippen molar-refractivity contribution in [3.63, 3.8) is 0 Å². The smallest absolute Gasteiger partial charge is 0.322 e. The first-order valence-electron chi connectivity index (χ1n) is 4.83. The minimum atomic E-state index is -1.23. The van der Waals surface area contributed by atoms with Gasteiger partial charge in [0, 0.05) is 19.3 Å². The van der Waals surface area contributed by atoms with E-state index in [4.69, 9.17) is 5.73 Å². The fourth-order valence-corrected chi connectivity index (χ4v) is 1.81. The van der Waals surface area contributed by atoms with Crippen LogP contribution in [0, 0.1) is 6.92 Å². The molecule has 2 heterocycles. The van der Waals surface area contributed by atoms with Gasteiger partial charge in [-0.15, -0.1) is 12.4 Å². The molecule has 0 spiro atoms. The minimum Gasteiger partial charge on any atom is -0.338 e. The van der Waals surface area contributed by atoms with Gasteiger partial charge in [0.2, 0.25) is 0 Å². The average molecular weight is 260 g/mol. The molecule has 1 aromatic rings. The zero-order chi connectivity index (χ0) is 11.9. The summed E-state index contributed by atoms with van der Waals surface area (Å²) in [5.74, 6) is -0.457. The highest BCUT2D eigenvalue weighted by Crippen LogP contribution is 2.24. The summed E-state index contributed by atoms with van der Waals surface area (Å²) in [6.45, 7) is 1.79. The normalized spacial score (nSPS) is 23.0. The van der Waals surface area contributed by atoms with Gasteiger partial charge in [-0.25, -0.2) is 9.78 Å². The molecule has 1 fully saturated rings. The summed E-state index contributed by atoms with van der Waals surface area (Å²) < 4.78 is 1.77. The molecule has 17 heavy (non-hydrogen) atoms. The third-order valence-corrected chi connectivity index (χ3v) is 2.88. The molecule has 0 bridgehead atoms. The second-order valence-corrected chi connectivity index (χ2v) is 3.81. The quantitative estimate of drug-likeness (QED) is 0.602. The number of urea groups is 1. The first-order valence-corrected chi connectivity index (χ1v) is 4.83. The molecule has 7 nitrogen and oxygen atoms in total.